The van der Waals surface area contributed by atoms with Crippen LogP contribution in [0.4, 0.5) is 13.2 Å². The fourth-order valence-electron chi connectivity index (χ4n) is 1.11. The number of hydrogen-bond acceptors (Lipinski definition) is 2. The first-order chi connectivity index (χ1) is 5.54. The number of hydrogen-bond donors (Lipinski definition) is 0. The summed E-state index contributed by atoms with van der Waals surface area (Å²) in [6.45, 7) is -0.188. The summed E-state index contributed by atoms with van der Waals surface area (Å²) in [6.07, 6.45) is -3.72. The molecule has 0 aromatic rings. The molecule has 0 saturated heterocycles. The molecule has 0 fully saturated rings. The third-order valence-corrected chi connectivity index (χ3v) is 1.89. The van der Waals surface area contributed by atoms with Gasteiger partial charge in [-0.15, -0.1) is 0 Å². The van der Waals surface area contributed by atoms with E-state index < -0.39 is 12.1 Å². The molecule has 0 unspecified atom stereocenters. The predicted octanol–water partition coefficient (Wildman–Crippen LogP) is 2.00. The standard InChI is InChI=1S/C7H10F3NO/c1-12-6-3-2-5(4-11-6)7(8,9)10/h5H,2-4H2,1H3/t5-/m1/s1. The average molecular weight is 181 g/mol. The molecule has 1 aliphatic rings. The summed E-state index contributed by atoms with van der Waals surface area (Å²) >= 11 is 0. The normalized spacial score (nSPS) is 25.0. The van der Waals surface area contributed by atoms with Crippen molar-refractivity contribution in [1.29, 1.82) is 0 Å². The van der Waals surface area contributed by atoms with Crippen LogP contribution in [-0.2, 0) is 4.74 Å². The maximum Gasteiger partial charge on any atom is 0.393 e. The Morgan fingerprint density at radius 1 is 1.50 bits per heavy atom. The first-order valence-electron chi connectivity index (χ1n) is 3.68. The van der Waals surface area contributed by atoms with E-state index in [1.54, 1.807) is 0 Å². The summed E-state index contributed by atoms with van der Waals surface area (Å²) in [4.78, 5) is 3.67. The second-order valence-electron chi connectivity index (χ2n) is 2.72. The lowest BCUT2D eigenvalue weighted by atomic mass is 10.0. The number of methoxy groups -OCH3 is 1. The van der Waals surface area contributed by atoms with Crippen LogP contribution in [0.15, 0.2) is 4.99 Å². The van der Waals surface area contributed by atoms with Crippen molar-refractivity contribution in [3.05, 3.63) is 0 Å². The van der Waals surface area contributed by atoms with Crippen molar-refractivity contribution in [1.82, 2.24) is 0 Å². The van der Waals surface area contributed by atoms with Crippen molar-refractivity contribution < 1.29 is 17.9 Å². The van der Waals surface area contributed by atoms with Crippen LogP contribution < -0.4 is 0 Å². The van der Waals surface area contributed by atoms with E-state index in [1.165, 1.54) is 7.11 Å². The zero-order valence-corrected chi connectivity index (χ0v) is 6.69. The first kappa shape index (κ1) is 9.35. The number of halogens is 3. The van der Waals surface area contributed by atoms with E-state index >= 15 is 0 Å². The van der Waals surface area contributed by atoms with Crippen LogP contribution in [0.1, 0.15) is 12.8 Å². The van der Waals surface area contributed by atoms with Gasteiger partial charge in [-0.05, 0) is 6.42 Å². The van der Waals surface area contributed by atoms with Crippen molar-refractivity contribution in [3.63, 3.8) is 0 Å². The minimum Gasteiger partial charge on any atom is -0.484 e. The summed E-state index contributed by atoms with van der Waals surface area (Å²) in [5.74, 6) is -0.855. The van der Waals surface area contributed by atoms with E-state index in [9.17, 15) is 13.2 Å². The summed E-state index contributed by atoms with van der Waals surface area (Å²) in [7, 11) is 1.42. The Kier molecular flexibility index (Phi) is 2.59. The molecule has 0 aromatic heterocycles. The van der Waals surface area contributed by atoms with Crippen LogP contribution in [0, 0.1) is 5.92 Å². The number of alkyl halides is 3. The molecule has 0 aromatic carbocycles. The highest BCUT2D eigenvalue weighted by Gasteiger charge is 2.40. The molecule has 1 heterocycles. The van der Waals surface area contributed by atoms with E-state index in [2.05, 4.69) is 4.99 Å². The Balaban J connectivity index is 2.52. The summed E-state index contributed by atoms with van der Waals surface area (Å²) < 4.78 is 40.9. The third kappa shape index (κ3) is 2.12. The fraction of sp³-hybridized carbons (Fsp3) is 0.857. The van der Waals surface area contributed by atoms with Crippen molar-refractivity contribution >= 4 is 5.90 Å². The van der Waals surface area contributed by atoms with Gasteiger partial charge in [0, 0.05) is 6.42 Å². The van der Waals surface area contributed by atoms with Gasteiger partial charge in [-0.25, -0.2) is 0 Å². The smallest absolute Gasteiger partial charge is 0.393 e. The van der Waals surface area contributed by atoms with Gasteiger partial charge in [-0.1, -0.05) is 0 Å². The average Bonchev–Trinajstić information content (AvgIpc) is 2.03. The minimum absolute atomic E-state index is 0.0934. The summed E-state index contributed by atoms with van der Waals surface area (Å²) in [5, 5.41) is 0. The van der Waals surface area contributed by atoms with Crippen LogP contribution >= 0.6 is 0 Å². The van der Waals surface area contributed by atoms with Gasteiger partial charge in [0.2, 0.25) is 0 Å². The van der Waals surface area contributed by atoms with E-state index in [4.69, 9.17) is 4.74 Å². The van der Waals surface area contributed by atoms with Gasteiger partial charge in [-0.2, -0.15) is 13.2 Å². The van der Waals surface area contributed by atoms with Gasteiger partial charge in [0.25, 0.3) is 0 Å². The van der Waals surface area contributed by atoms with Crippen molar-refractivity contribution in [2.24, 2.45) is 10.9 Å². The molecule has 0 saturated carbocycles. The maximum atomic E-state index is 12.1. The molecule has 70 valence electrons. The lowest BCUT2D eigenvalue weighted by Crippen LogP contribution is -2.29. The van der Waals surface area contributed by atoms with E-state index in [-0.39, 0.29) is 13.0 Å². The van der Waals surface area contributed by atoms with Crippen LogP contribution in [0.2, 0.25) is 0 Å². The number of rotatable bonds is 0. The van der Waals surface area contributed by atoms with Crippen molar-refractivity contribution in [3.8, 4) is 0 Å². The quantitative estimate of drug-likeness (QED) is 0.560. The Bertz CT molecular complexity index is 188. The van der Waals surface area contributed by atoms with Gasteiger partial charge in [0.1, 0.15) is 0 Å². The highest BCUT2D eigenvalue weighted by atomic mass is 19.4. The Hall–Kier alpha value is -0.740. The molecular formula is C7H10F3NO. The molecule has 1 atom stereocenters. The van der Waals surface area contributed by atoms with Crippen LogP contribution in [-0.4, -0.2) is 25.7 Å². The number of aliphatic imine (C=N–C) groups is 1. The Labute approximate surface area is 68.4 Å². The van der Waals surface area contributed by atoms with Crippen LogP contribution in [0.25, 0.3) is 0 Å². The fourth-order valence-corrected chi connectivity index (χ4v) is 1.11. The van der Waals surface area contributed by atoms with E-state index in [1.807, 2.05) is 0 Å². The molecule has 0 aliphatic carbocycles. The molecule has 2 nitrogen and oxygen atoms in total. The molecule has 12 heavy (non-hydrogen) atoms. The number of nitrogens with zero attached hydrogens (tertiary/aromatic N) is 1. The Morgan fingerprint density at radius 2 is 2.17 bits per heavy atom. The lowest BCUT2D eigenvalue weighted by Gasteiger charge is -2.22. The zero-order chi connectivity index (χ0) is 9.19. The zero-order valence-electron chi connectivity index (χ0n) is 6.69. The Morgan fingerprint density at radius 3 is 2.50 bits per heavy atom. The molecule has 5 heteroatoms. The summed E-state index contributed by atoms with van der Waals surface area (Å²) in [6, 6.07) is 0. The van der Waals surface area contributed by atoms with E-state index in [0.29, 0.717) is 12.3 Å². The minimum atomic E-state index is -4.11. The van der Waals surface area contributed by atoms with Gasteiger partial charge in [0.05, 0.1) is 19.6 Å². The van der Waals surface area contributed by atoms with Gasteiger partial charge in [0.15, 0.2) is 5.90 Å². The predicted molar refractivity (Wildman–Crippen MR) is 38.1 cm³/mol. The highest BCUT2D eigenvalue weighted by Crippen LogP contribution is 2.32. The third-order valence-electron chi connectivity index (χ3n) is 1.89. The van der Waals surface area contributed by atoms with Crippen LogP contribution in [0.3, 0.4) is 0 Å². The molecule has 1 aliphatic heterocycles. The second-order valence-corrected chi connectivity index (χ2v) is 2.72. The summed E-state index contributed by atoms with van der Waals surface area (Å²) in [5.41, 5.74) is 0. The molecular weight excluding hydrogens is 171 g/mol. The molecule has 0 spiro atoms. The maximum absolute atomic E-state index is 12.1. The first-order valence-corrected chi connectivity index (χ1v) is 3.68. The topological polar surface area (TPSA) is 21.6 Å². The molecule has 0 radical (unpaired) electrons. The SMILES string of the molecule is COC1=NC[C@H](C(F)(F)F)CC1. The monoisotopic (exact) mass is 181 g/mol. The molecule has 1 rings (SSSR count). The van der Waals surface area contributed by atoms with Crippen molar-refractivity contribution in [2.45, 2.75) is 19.0 Å². The van der Waals surface area contributed by atoms with Gasteiger partial charge < -0.3 is 4.74 Å². The van der Waals surface area contributed by atoms with Crippen LogP contribution in [0.5, 0.6) is 0 Å². The largest absolute Gasteiger partial charge is 0.484 e. The molecule has 0 N–H and O–H groups in total. The van der Waals surface area contributed by atoms with Gasteiger partial charge in [-0.3, -0.25) is 4.99 Å². The highest BCUT2D eigenvalue weighted by molar-refractivity contribution is 5.76. The number of ether oxygens (including phenoxy) is 1. The van der Waals surface area contributed by atoms with Gasteiger partial charge >= 0.3 is 6.18 Å². The molecule has 0 amide bonds. The molecule has 0 bridgehead atoms. The van der Waals surface area contributed by atoms with Crippen molar-refractivity contribution in [2.75, 3.05) is 13.7 Å². The second kappa shape index (κ2) is 3.33. The van der Waals surface area contributed by atoms with E-state index in [0.717, 1.165) is 0 Å². The lowest BCUT2D eigenvalue weighted by molar-refractivity contribution is -0.173.